The average Bonchev–Trinajstić information content (AvgIpc) is 3.00. The van der Waals surface area contributed by atoms with Crippen LogP contribution in [0, 0.1) is 0 Å². The van der Waals surface area contributed by atoms with Crippen LogP contribution < -0.4 is 5.32 Å². The first-order valence-electron chi connectivity index (χ1n) is 5.85. The largest absolute Gasteiger partial charge is 0.477 e. The first-order valence-corrected chi connectivity index (χ1v) is 6.67. The number of aromatic carboxylic acids is 1. The van der Waals surface area contributed by atoms with Crippen LogP contribution in [-0.4, -0.2) is 47.4 Å². The fourth-order valence-electron chi connectivity index (χ4n) is 1.54. The third-order valence-corrected chi connectivity index (χ3v) is 3.76. The second-order valence-electron chi connectivity index (χ2n) is 4.47. The van der Waals surface area contributed by atoms with Crippen LogP contribution in [0.3, 0.4) is 0 Å². The van der Waals surface area contributed by atoms with Gasteiger partial charge in [0, 0.05) is 13.1 Å². The zero-order valence-corrected chi connectivity index (χ0v) is 11.2. The molecule has 2 rings (SSSR count). The van der Waals surface area contributed by atoms with Crippen molar-refractivity contribution in [2.24, 2.45) is 0 Å². The lowest BCUT2D eigenvalue weighted by atomic mass is 10.3. The van der Waals surface area contributed by atoms with E-state index in [1.807, 2.05) is 0 Å². The summed E-state index contributed by atoms with van der Waals surface area (Å²) in [5, 5.41) is 11.6. The van der Waals surface area contributed by atoms with Crippen molar-refractivity contribution in [3.8, 4) is 0 Å². The first-order chi connectivity index (χ1) is 8.97. The van der Waals surface area contributed by atoms with Crippen molar-refractivity contribution in [1.29, 1.82) is 0 Å². The highest BCUT2D eigenvalue weighted by atomic mass is 32.1. The van der Waals surface area contributed by atoms with Gasteiger partial charge in [0.15, 0.2) is 0 Å². The summed E-state index contributed by atoms with van der Waals surface area (Å²) < 4.78 is 0. The SMILES string of the molecule is CN(CC(=O)NC1CC1)C(=O)c1ccc(C(=O)O)s1. The molecule has 0 unspecified atom stereocenters. The Labute approximate surface area is 114 Å². The maximum absolute atomic E-state index is 12.0. The van der Waals surface area contributed by atoms with Crippen LogP contribution in [0.25, 0.3) is 0 Å². The molecule has 1 aromatic rings. The average molecular weight is 282 g/mol. The normalized spacial score (nSPS) is 13.9. The fourth-order valence-corrected chi connectivity index (χ4v) is 2.38. The van der Waals surface area contributed by atoms with E-state index in [0.29, 0.717) is 4.88 Å². The number of carboxylic acid groups (broad SMARTS) is 1. The van der Waals surface area contributed by atoms with Crippen LogP contribution in [0.15, 0.2) is 12.1 Å². The van der Waals surface area contributed by atoms with E-state index in [1.54, 1.807) is 0 Å². The summed E-state index contributed by atoms with van der Waals surface area (Å²) in [5.74, 6) is -1.59. The van der Waals surface area contributed by atoms with Crippen LogP contribution in [0.4, 0.5) is 0 Å². The Morgan fingerprint density at radius 3 is 2.53 bits per heavy atom. The van der Waals surface area contributed by atoms with E-state index in [1.165, 1.54) is 24.1 Å². The minimum atomic E-state index is -1.06. The van der Waals surface area contributed by atoms with Gasteiger partial charge in [-0.05, 0) is 25.0 Å². The van der Waals surface area contributed by atoms with Gasteiger partial charge in [-0.25, -0.2) is 4.79 Å². The number of likely N-dealkylation sites (N-methyl/N-ethyl adjacent to an activating group) is 1. The lowest BCUT2D eigenvalue weighted by molar-refractivity contribution is -0.121. The van der Waals surface area contributed by atoms with Crippen molar-refractivity contribution in [2.75, 3.05) is 13.6 Å². The molecule has 1 fully saturated rings. The van der Waals surface area contributed by atoms with Crippen molar-refractivity contribution in [3.63, 3.8) is 0 Å². The topological polar surface area (TPSA) is 86.7 Å². The molecule has 0 aliphatic heterocycles. The van der Waals surface area contributed by atoms with Crippen molar-refractivity contribution in [1.82, 2.24) is 10.2 Å². The van der Waals surface area contributed by atoms with Crippen LogP contribution in [0.2, 0.25) is 0 Å². The molecule has 0 atom stereocenters. The molecule has 102 valence electrons. The number of carboxylic acids is 1. The minimum absolute atomic E-state index is 0.0182. The molecule has 0 bridgehead atoms. The molecular weight excluding hydrogens is 268 g/mol. The van der Waals surface area contributed by atoms with E-state index in [0.717, 1.165) is 24.2 Å². The molecule has 0 spiro atoms. The predicted octanol–water partition coefficient (Wildman–Crippen LogP) is 0.797. The molecule has 1 aliphatic carbocycles. The standard InChI is InChI=1S/C12H14N2O4S/c1-14(6-10(15)13-7-2-3-7)11(16)8-4-5-9(19-8)12(17)18/h4-5,7H,2-3,6H2,1H3,(H,13,15)(H,17,18). The molecule has 2 amide bonds. The number of nitrogens with one attached hydrogen (secondary N) is 1. The van der Waals surface area contributed by atoms with Crippen molar-refractivity contribution < 1.29 is 19.5 Å². The molecule has 1 aliphatic rings. The molecule has 6 nitrogen and oxygen atoms in total. The maximum Gasteiger partial charge on any atom is 0.345 e. The highest BCUT2D eigenvalue weighted by Crippen LogP contribution is 2.19. The van der Waals surface area contributed by atoms with Crippen LogP contribution in [0.1, 0.15) is 32.2 Å². The fraction of sp³-hybridized carbons (Fsp3) is 0.417. The summed E-state index contributed by atoms with van der Waals surface area (Å²) in [5.41, 5.74) is 0. The molecular formula is C12H14N2O4S. The summed E-state index contributed by atoms with van der Waals surface area (Å²) >= 11 is 0.908. The molecule has 1 heterocycles. The number of rotatable bonds is 5. The van der Waals surface area contributed by atoms with Gasteiger partial charge in [0.1, 0.15) is 4.88 Å². The van der Waals surface area contributed by atoms with Crippen molar-refractivity contribution in [2.45, 2.75) is 18.9 Å². The van der Waals surface area contributed by atoms with Gasteiger partial charge in [-0.15, -0.1) is 11.3 Å². The van der Waals surface area contributed by atoms with Gasteiger partial charge in [-0.3, -0.25) is 9.59 Å². The maximum atomic E-state index is 12.0. The number of carbonyl (C=O) groups is 3. The Kier molecular flexibility index (Phi) is 3.84. The van der Waals surface area contributed by atoms with Gasteiger partial charge in [0.05, 0.1) is 11.4 Å². The summed E-state index contributed by atoms with van der Waals surface area (Å²) in [6, 6.07) is 3.11. The Bertz CT molecular complexity index is 522. The lowest BCUT2D eigenvalue weighted by Gasteiger charge is -2.15. The number of nitrogens with zero attached hydrogens (tertiary/aromatic N) is 1. The van der Waals surface area contributed by atoms with Gasteiger partial charge in [0.25, 0.3) is 5.91 Å². The Morgan fingerprint density at radius 1 is 1.37 bits per heavy atom. The third kappa shape index (κ3) is 3.54. The highest BCUT2D eigenvalue weighted by Gasteiger charge is 2.25. The summed E-state index contributed by atoms with van der Waals surface area (Å²) in [6.45, 7) is -0.0182. The Morgan fingerprint density at radius 2 is 2.00 bits per heavy atom. The quantitative estimate of drug-likeness (QED) is 0.836. The summed E-state index contributed by atoms with van der Waals surface area (Å²) in [4.78, 5) is 36.0. The molecule has 0 radical (unpaired) electrons. The lowest BCUT2D eigenvalue weighted by Crippen LogP contribution is -2.38. The molecule has 0 aromatic carbocycles. The molecule has 1 aromatic heterocycles. The number of hydrogen-bond donors (Lipinski definition) is 2. The smallest absolute Gasteiger partial charge is 0.345 e. The third-order valence-electron chi connectivity index (χ3n) is 2.70. The minimum Gasteiger partial charge on any atom is -0.477 e. The second-order valence-corrected chi connectivity index (χ2v) is 5.56. The van der Waals surface area contributed by atoms with Crippen LogP contribution in [0.5, 0.6) is 0 Å². The van der Waals surface area contributed by atoms with Gasteiger partial charge in [0.2, 0.25) is 5.91 Å². The highest BCUT2D eigenvalue weighted by molar-refractivity contribution is 7.15. The molecule has 7 heteroatoms. The first kappa shape index (κ1) is 13.5. The van der Waals surface area contributed by atoms with E-state index >= 15 is 0 Å². The van der Waals surface area contributed by atoms with E-state index in [2.05, 4.69) is 5.32 Å². The van der Waals surface area contributed by atoms with E-state index in [-0.39, 0.29) is 29.3 Å². The van der Waals surface area contributed by atoms with E-state index in [4.69, 9.17) is 5.11 Å². The number of carbonyl (C=O) groups excluding carboxylic acids is 2. The van der Waals surface area contributed by atoms with Gasteiger partial charge >= 0.3 is 5.97 Å². The number of thiophene rings is 1. The van der Waals surface area contributed by atoms with Gasteiger partial charge in [-0.1, -0.05) is 0 Å². The zero-order chi connectivity index (χ0) is 14.0. The predicted molar refractivity (Wildman–Crippen MR) is 69.4 cm³/mol. The molecule has 19 heavy (non-hydrogen) atoms. The Balaban J connectivity index is 1.93. The van der Waals surface area contributed by atoms with Crippen molar-refractivity contribution >= 4 is 29.1 Å². The number of amides is 2. The second kappa shape index (κ2) is 5.40. The van der Waals surface area contributed by atoms with Crippen LogP contribution in [-0.2, 0) is 4.79 Å². The van der Waals surface area contributed by atoms with E-state index in [9.17, 15) is 14.4 Å². The summed E-state index contributed by atoms with van der Waals surface area (Å²) in [6.07, 6.45) is 1.99. The van der Waals surface area contributed by atoms with Crippen LogP contribution >= 0.6 is 11.3 Å². The van der Waals surface area contributed by atoms with Crippen molar-refractivity contribution in [3.05, 3.63) is 21.9 Å². The zero-order valence-electron chi connectivity index (χ0n) is 10.4. The molecule has 1 saturated carbocycles. The summed E-state index contributed by atoms with van der Waals surface area (Å²) in [7, 11) is 1.52. The number of hydrogen-bond acceptors (Lipinski definition) is 4. The van der Waals surface area contributed by atoms with Gasteiger partial charge in [-0.2, -0.15) is 0 Å². The van der Waals surface area contributed by atoms with Gasteiger partial charge < -0.3 is 15.3 Å². The Hall–Kier alpha value is -1.89. The van der Waals surface area contributed by atoms with E-state index < -0.39 is 5.97 Å². The molecule has 0 saturated heterocycles. The monoisotopic (exact) mass is 282 g/mol. The molecule has 2 N–H and O–H groups in total.